The molecule has 1 atom stereocenters. The zero-order chi connectivity index (χ0) is 15.0. The van der Waals surface area contributed by atoms with E-state index in [2.05, 4.69) is 50.2 Å². The Morgan fingerprint density at radius 1 is 1.25 bits per heavy atom. The van der Waals surface area contributed by atoms with E-state index in [1.54, 1.807) is 0 Å². The first-order chi connectivity index (χ1) is 9.50. The van der Waals surface area contributed by atoms with E-state index in [1.807, 2.05) is 12.1 Å². The molecule has 0 amide bonds. The van der Waals surface area contributed by atoms with Crippen LogP contribution in [0.2, 0.25) is 5.02 Å². The lowest BCUT2D eigenvalue weighted by Crippen LogP contribution is -2.40. The van der Waals surface area contributed by atoms with Gasteiger partial charge in [-0.25, -0.2) is 0 Å². The molecule has 3 heteroatoms. The molecule has 2 nitrogen and oxygen atoms in total. The highest BCUT2D eigenvalue weighted by atomic mass is 35.5. The number of nitrogens with zero attached hydrogens (tertiary/aromatic N) is 1. The molecule has 1 N–H and O–H groups in total. The van der Waals surface area contributed by atoms with E-state index in [0.717, 1.165) is 31.2 Å². The molecule has 0 saturated carbocycles. The van der Waals surface area contributed by atoms with E-state index in [1.165, 1.54) is 18.4 Å². The summed E-state index contributed by atoms with van der Waals surface area (Å²) < 4.78 is 0. The zero-order valence-electron chi connectivity index (χ0n) is 13.4. The SMILES string of the molecule is CCCC(C)(CNCC)CN(C)Cc1ccccc1Cl. The highest BCUT2D eigenvalue weighted by Gasteiger charge is 2.24. The van der Waals surface area contributed by atoms with Crippen LogP contribution >= 0.6 is 11.6 Å². The lowest BCUT2D eigenvalue weighted by molar-refractivity contribution is 0.169. The van der Waals surface area contributed by atoms with Crippen molar-refractivity contribution >= 4 is 11.6 Å². The van der Waals surface area contributed by atoms with Gasteiger partial charge in [-0.15, -0.1) is 0 Å². The van der Waals surface area contributed by atoms with Gasteiger partial charge in [0, 0.05) is 24.7 Å². The standard InChI is InChI=1S/C17H29ClN2/c1-5-11-17(3,13-19-6-2)14-20(4)12-15-9-7-8-10-16(15)18/h7-10,19H,5-6,11-14H2,1-4H3. The molecule has 0 aliphatic carbocycles. The monoisotopic (exact) mass is 296 g/mol. The summed E-state index contributed by atoms with van der Waals surface area (Å²) in [6.07, 6.45) is 2.47. The molecule has 1 aromatic rings. The van der Waals surface area contributed by atoms with Crippen LogP contribution in [0.5, 0.6) is 0 Å². The average molecular weight is 297 g/mol. The first-order valence-corrected chi connectivity index (χ1v) is 8.01. The summed E-state index contributed by atoms with van der Waals surface area (Å²) >= 11 is 6.25. The third-order valence-electron chi connectivity index (χ3n) is 3.71. The second kappa shape index (κ2) is 8.66. The van der Waals surface area contributed by atoms with Gasteiger partial charge in [-0.3, -0.25) is 0 Å². The molecule has 0 aliphatic rings. The van der Waals surface area contributed by atoms with E-state index in [-0.39, 0.29) is 0 Å². The predicted molar refractivity (Wildman–Crippen MR) is 89.3 cm³/mol. The van der Waals surface area contributed by atoms with Crippen LogP contribution in [0.3, 0.4) is 0 Å². The number of hydrogen-bond donors (Lipinski definition) is 1. The molecular weight excluding hydrogens is 268 g/mol. The van der Waals surface area contributed by atoms with Gasteiger partial charge in [0.25, 0.3) is 0 Å². The van der Waals surface area contributed by atoms with Crippen LogP contribution in [0.4, 0.5) is 0 Å². The molecule has 20 heavy (non-hydrogen) atoms. The van der Waals surface area contributed by atoms with Gasteiger partial charge in [0.2, 0.25) is 0 Å². The number of rotatable bonds is 9. The predicted octanol–water partition coefficient (Wildman–Crippen LogP) is 4.19. The van der Waals surface area contributed by atoms with E-state index < -0.39 is 0 Å². The van der Waals surface area contributed by atoms with Crippen molar-refractivity contribution in [1.29, 1.82) is 0 Å². The number of hydrogen-bond acceptors (Lipinski definition) is 2. The summed E-state index contributed by atoms with van der Waals surface area (Å²) in [7, 11) is 2.18. The fourth-order valence-corrected chi connectivity index (χ4v) is 3.07. The molecule has 0 fully saturated rings. The van der Waals surface area contributed by atoms with Crippen LogP contribution in [0.1, 0.15) is 39.2 Å². The minimum atomic E-state index is 0.320. The maximum absolute atomic E-state index is 6.25. The first-order valence-electron chi connectivity index (χ1n) is 7.63. The largest absolute Gasteiger partial charge is 0.316 e. The molecule has 1 unspecified atom stereocenters. The fourth-order valence-electron chi connectivity index (χ4n) is 2.88. The summed E-state index contributed by atoms with van der Waals surface area (Å²) in [5.41, 5.74) is 1.53. The van der Waals surface area contributed by atoms with Crippen LogP contribution < -0.4 is 5.32 Å². The van der Waals surface area contributed by atoms with Gasteiger partial charge >= 0.3 is 0 Å². The van der Waals surface area contributed by atoms with Gasteiger partial charge in [0.1, 0.15) is 0 Å². The van der Waals surface area contributed by atoms with E-state index in [0.29, 0.717) is 5.41 Å². The summed E-state index contributed by atoms with van der Waals surface area (Å²) in [6.45, 7) is 10.9. The van der Waals surface area contributed by atoms with E-state index in [4.69, 9.17) is 11.6 Å². The van der Waals surface area contributed by atoms with E-state index in [9.17, 15) is 0 Å². The average Bonchev–Trinajstić information content (AvgIpc) is 2.39. The Labute approximate surface area is 129 Å². The Morgan fingerprint density at radius 3 is 2.55 bits per heavy atom. The maximum atomic E-state index is 6.25. The van der Waals surface area contributed by atoms with Gasteiger partial charge in [-0.2, -0.15) is 0 Å². The van der Waals surface area contributed by atoms with Crippen molar-refractivity contribution in [2.45, 2.75) is 40.2 Å². The second-order valence-corrected chi connectivity index (χ2v) is 6.51. The molecule has 0 aliphatic heterocycles. The fraction of sp³-hybridized carbons (Fsp3) is 0.647. The van der Waals surface area contributed by atoms with Gasteiger partial charge in [0.05, 0.1) is 0 Å². The van der Waals surface area contributed by atoms with Gasteiger partial charge in [-0.05, 0) is 37.1 Å². The Morgan fingerprint density at radius 2 is 1.95 bits per heavy atom. The van der Waals surface area contributed by atoms with Crippen molar-refractivity contribution in [2.75, 3.05) is 26.7 Å². The number of halogens is 1. The maximum Gasteiger partial charge on any atom is 0.0451 e. The quantitative estimate of drug-likeness (QED) is 0.735. The molecule has 1 aromatic carbocycles. The molecule has 0 radical (unpaired) electrons. The lowest BCUT2D eigenvalue weighted by Gasteiger charge is -2.34. The minimum Gasteiger partial charge on any atom is -0.316 e. The minimum absolute atomic E-state index is 0.320. The number of benzene rings is 1. The van der Waals surface area contributed by atoms with Crippen molar-refractivity contribution < 1.29 is 0 Å². The van der Waals surface area contributed by atoms with Crippen molar-refractivity contribution in [3.05, 3.63) is 34.9 Å². The van der Waals surface area contributed by atoms with Crippen LogP contribution in [0.15, 0.2) is 24.3 Å². The third kappa shape index (κ3) is 5.82. The molecule has 0 saturated heterocycles. The Balaban J connectivity index is 2.61. The van der Waals surface area contributed by atoms with Gasteiger partial charge in [0.15, 0.2) is 0 Å². The van der Waals surface area contributed by atoms with Crippen molar-refractivity contribution in [2.24, 2.45) is 5.41 Å². The Bertz CT molecular complexity index is 394. The van der Waals surface area contributed by atoms with E-state index >= 15 is 0 Å². The summed E-state index contributed by atoms with van der Waals surface area (Å²) in [5, 5.41) is 4.37. The summed E-state index contributed by atoms with van der Waals surface area (Å²) in [4.78, 5) is 2.38. The molecule has 114 valence electrons. The molecule has 0 spiro atoms. The van der Waals surface area contributed by atoms with Crippen molar-refractivity contribution in [3.63, 3.8) is 0 Å². The van der Waals surface area contributed by atoms with Crippen LogP contribution in [-0.4, -0.2) is 31.6 Å². The lowest BCUT2D eigenvalue weighted by atomic mass is 9.84. The van der Waals surface area contributed by atoms with Crippen LogP contribution in [0, 0.1) is 5.41 Å². The van der Waals surface area contributed by atoms with Crippen LogP contribution in [0.25, 0.3) is 0 Å². The molecule has 0 heterocycles. The smallest absolute Gasteiger partial charge is 0.0451 e. The van der Waals surface area contributed by atoms with Crippen LogP contribution in [-0.2, 0) is 6.54 Å². The first kappa shape index (κ1) is 17.5. The third-order valence-corrected chi connectivity index (χ3v) is 4.07. The normalized spacial score (nSPS) is 14.5. The van der Waals surface area contributed by atoms with Crippen molar-refractivity contribution in [1.82, 2.24) is 10.2 Å². The van der Waals surface area contributed by atoms with Gasteiger partial charge in [-0.1, -0.05) is 57.0 Å². The molecule has 1 rings (SSSR count). The summed E-state index contributed by atoms with van der Waals surface area (Å²) in [5.74, 6) is 0. The molecular formula is C17H29ClN2. The number of nitrogens with one attached hydrogen (secondary N) is 1. The topological polar surface area (TPSA) is 15.3 Å². The Kier molecular flexibility index (Phi) is 7.57. The van der Waals surface area contributed by atoms with Gasteiger partial charge < -0.3 is 10.2 Å². The highest BCUT2D eigenvalue weighted by Crippen LogP contribution is 2.25. The molecule has 0 aromatic heterocycles. The second-order valence-electron chi connectivity index (χ2n) is 6.10. The molecule has 0 bridgehead atoms. The van der Waals surface area contributed by atoms with Crippen molar-refractivity contribution in [3.8, 4) is 0 Å². The summed E-state index contributed by atoms with van der Waals surface area (Å²) in [6, 6.07) is 8.12. The highest BCUT2D eigenvalue weighted by molar-refractivity contribution is 6.31. The zero-order valence-corrected chi connectivity index (χ0v) is 14.1. The Hall–Kier alpha value is -0.570.